The average molecular weight is 244 g/mol. The smallest absolute Gasteiger partial charge is 0.121 e. The van der Waals surface area contributed by atoms with Crippen LogP contribution in [0.15, 0.2) is 12.1 Å². The van der Waals surface area contributed by atoms with Crippen LogP contribution >= 0.6 is 23.2 Å². The van der Waals surface area contributed by atoms with Crippen molar-refractivity contribution in [1.29, 1.82) is 0 Å². The van der Waals surface area contributed by atoms with Gasteiger partial charge in [-0.3, -0.25) is 0 Å². The number of aromatic amines is 1. The summed E-state index contributed by atoms with van der Waals surface area (Å²) in [5.74, 6) is 0.910. The number of imidazole rings is 1. The van der Waals surface area contributed by atoms with Crippen molar-refractivity contribution in [3.05, 3.63) is 28.0 Å². The minimum Gasteiger partial charge on any atom is -0.341 e. The molecule has 1 aromatic heterocycles. The highest BCUT2D eigenvalue weighted by Crippen LogP contribution is 2.26. The summed E-state index contributed by atoms with van der Waals surface area (Å²) in [6.07, 6.45) is 0. The summed E-state index contributed by atoms with van der Waals surface area (Å²) in [7, 11) is 3.99. The molecule has 5 heteroatoms. The van der Waals surface area contributed by atoms with Crippen LogP contribution in [0.3, 0.4) is 0 Å². The summed E-state index contributed by atoms with van der Waals surface area (Å²) in [6.45, 7) is 0.768. The summed E-state index contributed by atoms with van der Waals surface area (Å²) in [6, 6.07) is 3.57. The number of halogens is 2. The molecule has 80 valence electrons. The molecule has 1 N–H and O–H groups in total. The lowest BCUT2D eigenvalue weighted by atomic mass is 10.3. The number of nitrogens with zero attached hydrogens (tertiary/aromatic N) is 2. The molecule has 0 amide bonds. The molecule has 0 saturated heterocycles. The van der Waals surface area contributed by atoms with Gasteiger partial charge in [-0.1, -0.05) is 23.2 Å². The topological polar surface area (TPSA) is 31.9 Å². The summed E-state index contributed by atoms with van der Waals surface area (Å²) < 4.78 is 0. The molecule has 2 aromatic rings. The third-order valence-electron chi connectivity index (χ3n) is 2.04. The average Bonchev–Trinajstić information content (AvgIpc) is 2.46. The number of fused-ring (bicyclic) bond motifs is 1. The normalized spacial score (nSPS) is 11.5. The molecule has 1 aromatic carbocycles. The van der Waals surface area contributed by atoms with E-state index >= 15 is 0 Å². The maximum absolute atomic E-state index is 5.91. The van der Waals surface area contributed by atoms with Crippen LogP contribution in [-0.2, 0) is 6.54 Å². The number of nitrogens with one attached hydrogen (secondary N) is 1. The number of H-pyrrole nitrogens is 1. The standard InChI is InChI=1S/C10H11Cl2N3/c1-15(2)5-10-13-8-3-6(11)7(12)4-9(8)14-10/h3-4H,5H2,1-2H3,(H,13,14). The van der Waals surface area contributed by atoms with Gasteiger partial charge in [0.25, 0.3) is 0 Å². The van der Waals surface area contributed by atoms with E-state index in [9.17, 15) is 0 Å². The molecule has 0 atom stereocenters. The van der Waals surface area contributed by atoms with Gasteiger partial charge in [0, 0.05) is 0 Å². The third kappa shape index (κ3) is 2.25. The van der Waals surface area contributed by atoms with Gasteiger partial charge in [-0.2, -0.15) is 0 Å². The van der Waals surface area contributed by atoms with E-state index < -0.39 is 0 Å². The van der Waals surface area contributed by atoms with E-state index in [1.165, 1.54) is 0 Å². The number of rotatable bonds is 2. The molecule has 0 fully saturated rings. The molecule has 2 rings (SSSR count). The van der Waals surface area contributed by atoms with Gasteiger partial charge in [-0.15, -0.1) is 0 Å². The fraction of sp³-hybridized carbons (Fsp3) is 0.300. The Hall–Kier alpha value is -0.770. The van der Waals surface area contributed by atoms with Crippen LogP contribution < -0.4 is 0 Å². The van der Waals surface area contributed by atoms with E-state index in [0.29, 0.717) is 10.0 Å². The lowest BCUT2D eigenvalue weighted by molar-refractivity contribution is 0.392. The van der Waals surface area contributed by atoms with Crippen molar-refractivity contribution >= 4 is 34.2 Å². The zero-order chi connectivity index (χ0) is 11.0. The van der Waals surface area contributed by atoms with E-state index in [4.69, 9.17) is 23.2 Å². The Morgan fingerprint density at radius 3 is 2.60 bits per heavy atom. The molecular formula is C10H11Cl2N3. The first-order chi connectivity index (χ1) is 7.06. The van der Waals surface area contributed by atoms with Gasteiger partial charge >= 0.3 is 0 Å². The first kappa shape index (κ1) is 10.7. The minimum atomic E-state index is 0.534. The Balaban J connectivity index is 2.47. The van der Waals surface area contributed by atoms with E-state index in [1.807, 2.05) is 19.0 Å². The number of aromatic nitrogens is 2. The van der Waals surface area contributed by atoms with Gasteiger partial charge < -0.3 is 9.88 Å². The molecule has 0 aliphatic carbocycles. The number of hydrogen-bond donors (Lipinski definition) is 1. The summed E-state index contributed by atoms with van der Waals surface area (Å²) in [4.78, 5) is 9.66. The fourth-order valence-electron chi connectivity index (χ4n) is 1.43. The van der Waals surface area contributed by atoms with Crippen LogP contribution in [-0.4, -0.2) is 29.0 Å². The first-order valence-corrected chi connectivity index (χ1v) is 5.30. The van der Waals surface area contributed by atoms with Crippen LogP contribution in [0.5, 0.6) is 0 Å². The molecular weight excluding hydrogens is 233 g/mol. The van der Waals surface area contributed by atoms with Gasteiger partial charge in [0.15, 0.2) is 0 Å². The van der Waals surface area contributed by atoms with Crippen LogP contribution in [0, 0.1) is 0 Å². The third-order valence-corrected chi connectivity index (χ3v) is 2.76. The maximum atomic E-state index is 5.91. The number of benzene rings is 1. The van der Waals surface area contributed by atoms with Crippen molar-refractivity contribution in [2.45, 2.75) is 6.54 Å². The largest absolute Gasteiger partial charge is 0.341 e. The van der Waals surface area contributed by atoms with Gasteiger partial charge in [0.1, 0.15) is 5.82 Å². The van der Waals surface area contributed by atoms with Crippen LogP contribution in [0.1, 0.15) is 5.82 Å². The van der Waals surface area contributed by atoms with Crippen LogP contribution in [0.4, 0.5) is 0 Å². The predicted octanol–water partition coefficient (Wildman–Crippen LogP) is 2.93. The molecule has 15 heavy (non-hydrogen) atoms. The quantitative estimate of drug-likeness (QED) is 0.880. The molecule has 0 radical (unpaired) electrons. The van der Waals surface area contributed by atoms with Crippen LogP contribution in [0.2, 0.25) is 10.0 Å². The molecule has 0 aliphatic rings. The van der Waals surface area contributed by atoms with Gasteiger partial charge in [0.2, 0.25) is 0 Å². The highest BCUT2D eigenvalue weighted by molar-refractivity contribution is 6.42. The Bertz CT molecular complexity index is 452. The molecule has 1 heterocycles. The highest BCUT2D eigenvalue weighted by atomic mass is 35.5. The molecule has 3 nitrogen and oxygen atoms in total. The highest BCUT2D eigenvalue weighted by Gasteiger charge is 2.06. The van der Waals surface area contributed by atoms with Crippen molar-refractivity contribution < 1.29 is 0 Å². The molecule has 0 saturated carbocycles. The molecule has 0 aliphatic heterocycles. The SMILES string of the molecule is CN(C)Cc1nc2cc(Cl)c(Cl)cc2[nH]1. The second-order valence-corrected chi connectivity index (χ2v) is 4.52. The monoisotopic (exact) mass is 243 g/mol. The molecule has 0 spiro atoms. The van der Waals surface area contributed by atoms with Gasteiger partial charge in [-0.25, -0.2) is 4.98 Å². The second kappa shape index (κ2) is 4.00. The van der Waals surface area contributed by atoms with E-state index in [0.717, 1.165) is 23.4 Å². The zero-order valence-electron chi connectivity index (χ0n) is 8.51. The van der Waals surface area contributed by atoms with Gasteiger partial charge in [0.05, 0.1) is 27.6 Å². The van der Waals surface area contributed by atoms with Gasteiger partial charge in [-0.05, 0) is 26.2 Å². The Kier molecular flexibility index (Phi) is 2.87. The van der Waals surface area contributed by atoms with Crippen molar-refractivity contribution in [2.75, 3.05) is 14.1 Å². The summed E-state index contributed by atoms with van der Waals surface area (Å²) in [5.41, 5.74) is 1.77. The molecule has 0 unspecified atom stereocenters. The lowest BCUT2D eigenvalue weighted by Crippen LogP contribution is -2.11. The Morgan fingerprint density at radius 1 is 1.27 bits per heavy atom. The van der Waals surface area contributed by atoms with E-state index in [2.05, 4.69) is 9.97 Å². The summed E-state index contributed by atoms with van der Waals surface area (Å²) in [5, 5.41) is 1.08. The summed E-state index contributed by atoms with van der Waals surface area (Å²) >= 11 is 11.8. The van der Waals surface area contributed by atoms with Crippen molar-refractivity contribution in [3.63, 3.8) is 0 Å². The fourth-order valence-corrected chi connectivity index (χ4v) is 1.75. The number of hydrogen-bond acceptors (Lipinski definition) is 2. The first-order valence-electron chi connectivity index (χ1n) is 4.54. The van der Waals surface area contributed by atoms with Crippen molar-refractivity contribution in [2.24, 2.45) is 0 Å². The second-order valence-electron chi connectivity index (χ2n) is 3.70. The van der Waals surface area contributed by atoms with Crippen molar-refractivity contribution in [1.82, 2.24) is 14.9 Å². The Morgan fingerprint density at radius 2 is 1.93 bits per heavy atom. The zero-order valence-corrected chi connectivity index (χ0v) is 10.0. The van der Waals surface area contributed by atoms with E-state index in [-0.39, 0.29) is 0 Å². The predicted molar refractivity (Wildman–Crippen MR) is 63.5 cm³/mol. The minimum absolute atomic E-state index is 0.534. The lowest BCUT2D eigenvalue weighted by Gasteiger charge is -2.04. The van der Waals surface area contributed by atoms with Crippen molar-refractivity contribution in [3.8, 4) is 0 Å². The molecule has 0 bridgehead atoms. The van der Waals surface area contributed by atoms with Crippen LogP contribution in [0.25, 0.3) is 11.0 Å². The van der Waals surface area contributed by atoms with E-state index in [1.54, 1.807) is 12.1 Å². The maximum Gasteiger partial charge on any atom is 0.121 e. The Labute approximate surface area is 98.0 Å².